The molecule has 0 amide bonds. The topological polar surface area (TPSA) is 55.2 Å². The number of halogens is 1. The predicted molar refractivity (Wildman–Crippen MR) is 73.1 cm³/mol. The fourth-order valence-electron chi connectivity index (χ4n) is 2.51. The average Bonchev–Trinajstić information content (AvgIpc) is 2.62. The van der Waals surface area contributed by atoms with Crippen LogP contribution in [0.1, 0.15) is 27.7 Å². The van der Waals surface area contributed by atoms with Gasteiger partial charge in [-0.2, -0.15) is 0 Å². The van der Waals surface area contributed by atoms with Gasteiger partial charge in [0.1, 0.15) is 5.69 Å². The highest BCUT2D eigenvalue weighted by molar-refractivity contribution is 6.33. The Labute approximate surface area is 111 Å². The molecule has 0 unspecified atom stereocenters. The third-order valence-corrected chi connectivity index (χ3v) is 4.81. The molecule has 98 valence electrons. The van der Waals surface area contributed by atoms with Crippen molar-refractivity contribution in [2.75, 3.05) is 5.32 Å². The monoisotopic (exact) mass is 268 g/mol. The van der Waals surface area contributed by atoms with E-state index in [1.165, 1.54) is 6.07 Å². The van der Waals surface area contributed by atoms with Crippen LogP contribution in [0.2, 0.25) is 5.02 Å². The Morgan fingerprint density at radius 1 is 1.28 bits per heavy atom. The van der Waals surface area contributed by atoms with E-state index in [-0.39, 0.29) is 22.6 Å². The minimum absolute atomic E-state index is 0.0287. The number of nitro benzene ring substituents is 1. The zero-order chi connectivity index (χ0) is 13.7. The second kappa shape index (κ2) is 3.85. The number of nitro groups is 1. The Balaban J connectivity index is 2.34. The van der Waals surface area contributed by atoms with Crippen LogP contribution >= 0.6 is 11.6 Å². The molecule has 0 bridgehead atoms. The zero-order valence-corrected chi connectivity index (χ0v) is 11.7. The van der Waals surface area contributed by atoms with Gasteiger partial charge in [-0.3, -0.25) is 10.1 Å². The first kappa shape index (κ1) is 13.1. The van der Waals surface area contributed by atoms with Gasteiger partial charge in [-0.25, -0.2) is 0 Å². The molecule has 5 heteroatoms. The summed E-state index contributed by atoms with van der Waals surface area (Å²) in [4.78, 5) is 10.6. The minimum atomic E-state index is -0.406. The van der Waals surface area contributed by atoms with Crippen molar-refractivity contribution in [3.63, 3.8) is 0 Å². The number of anilines is 1. The van der Waals surface area contributed by atoms with E-state index in [0.29, 0.717) is 10.7 Å². The Morgan fingerprint density at radius 3 is 2.28 bits per heavy atom. The van der Waals surface area contributed by atoms with Gasteiger partial charge in [0.05, 0.1) is 9.95 Å². The lowest BCUT2D eigenvalue weighted by Crippen LogP contribution is -2.12. The van der Waals surface area contributed by atoms with E-state index < -0.39 is 4.92 Å². The normalized spacial score (nSPS) is 20.5. The highest BCUT2D eigenvalue weighted by Crippen LogP contribution is 2.64. The number of para-hydroxylation sites is 1. The van der Waals surface area contributed by atoms with Crippen LogP contribution < -0.4 is 5.32 Å². The third kappa shape index (κ3) is 1.75. The van der Waals surface area contributed by atoms with E-state index in [0.717, 1.165) is 0 Å². The van der Waals surface area contributed by atoms with Crippen LogP contribution in [0.3, 0.4) is 0 Å². The molecule has 4 nitrogen and oxygen atoms in total. The first-order valence-electron chi connectivity index (χ1n) is 5.89. The molecule has 1 aliphatic rings. The molecule has 1 aromatic carbocycles. The van der Waals surface area contributed by atoms with Crippen LogP contribution in [0, 0.1) is 20.9 Å². The van der Waals surface area contributed by atoms with Crippen molar-refractivity contribution < 1.29 is 4.92 Å². The van der Waals surface area contributed by atoms with Gasteiger partial charge in [0.15, 0.2) is 0 Å². The van der Waals surface area contributed by atoms with Crippen LogP contribution in [-0.4, -0.2) is 11.0 Å². The average molecular weight is 269 g/mol. The van der Waals surface area contributed by atoms with Crippen LogP contribution in [-0.2, 0) is 0 Å². The quantitative estimate of drug-likeness (QED) is 0.663. The van der Waals surface area contributed by atoms with Crippen LogP contribution in [0.15, 0.2) is 18.2 Å². The van der Waals surface area contributed by atoms with Crippen molar-refractivity contribution in [1.29, 1.82) is 0 Å². The molecule has 0 aliphatic heterocycles. The van der Waals surface area contributed by atoms with E-state index in [1.807, 2.05) is 0 Å². The maximum Gasteiger partial charge on any atom is 0.293 e. The zero-order valence-electron chi connectivity index (χ0n) is 11.0. The van der Waals surface area contributed by atoms with Crippen molar-refractivity contribution >= 4 is 23.0 Å². The molecule has 1 fully saturated rings. The van der Waals surface area contributed by atoms with Crippen molar-refractivity contribution in [3.8, 4) is 0 Å². The first-order chi connectivity index (χ1) is 8.19. The molecule has 0 radical (unpaired) electrons. The van der Waals surface area contributed by atoms with Gasteiger partial charge in [-0.05, 0) is 16.9 Å². The molecule has 18 heavy (non-hydrogen) atoms. The fourth-order valence-corrected chi connectivity index (χ4v) is 2.73. The van der Waals surface area contributed by atoms with Gasteiger partial charge in [-0.1, -0.05) is 45.4 Å². The summed E-state index contributed by atoms with van der Waals surface area (Å²) in [5.74, 6) is 0. The highest BCUT2D eigenvalue weighted by Gasteiger charge is 2.65. The molecule has 1 aromatic rings. The lowest BCUT2D eigenvalue weighted by molar-refractivity contribution is -0.384. The van der Waals surface area contributed by atoms with E-state index >= 15 is 0 Å². The van der Waals surface area contributed by atoms with E-state index in [4.69, 9.17) is 11.6 Å². The molecule has 1 N–H and O–H groups in total. The lowest BCUT2D eigenvalue weighted by Gasteiger charge is -2.10. The SMILES string of the molecule is CC1(C)C(Nc2c(Cl)cccc2[N+](=O)[O-])C1(C)C. The standard InChI is InChI=1S/C13H17ClN2O2/c1-12(2)11(13(12,3)4)15-10-8(14)6-5-7-9(10)16(17)18/h5-7,11,15H,1-4H3. The Kier molecular flexibility index (Phi) is 2.81. The van der Waals surface area contributed by atoms with Crippen molar-refractivity contribution in [1.82, 2.24) is 0 Å². The number of benzene rings is 1. The largest absolute Gasteiger partial charge is 0.374 e. The van der Waals surface area contributed by atoms with Gasteiger partial charge in [0, 0.05) is 12.1 Å². The number of nitrogens with zero attached hydrogens (tertiary/aromatic N) is 1. The maximum absolute atomic E-state index is 11.0. The molecular weight excluding hydrogens is 252 g/mol. The second-order valence-corrected chi connectivity index (χ2v) is 6.32. The number of hydrogen-bond donors (Lipinski definition) is 1. The lowest BCUT2D eigenvalue weighted by atomic mass is 10.0. The molecular formula is C13H17ClN2O2. The molecule has 0 spiro atoms. The Bertz CT molecular complexity index is 498. The summed E-state index contributed by atoms with van der Waals surface area (Å²) in [6, 6.07) is 4.91. The smallest absolute Gasteiger partial charge is 0.293 e. The predicted octanol–water partition coefficient (Wildman–Crippen LogP) is 4.09. The summed E-state index contributed by atoms with van der Waals surface area (Å²) in [6.07, 6.45) is 0. The fraction of sp³-hybridized carbons (Fsp3) is 0.538. The summed E-state index contributed by atoms with van der Waals surface area (Å²) < 4.78 is 0. The third-order valence-electron chi connectivity index (χ3n) is 4.50. The molecule has 0 aromatic heterocycles. The number of rotatable bonds is 3. The molecule has 1 aliphatic carbocycles. The van der Waals surface area contributed by atoms with Crippen molar-refractivity contribution in [2.45, 2.75) is 33.7 Å². The molecule has 0 atom stereocenters. The van der Waals surface area contributed by atoms with E-state index in [1.54, 1.807) is 12.1 Å². The van der Waals surface area contributed by atoms with E-state index in [9.17, 15) is 10.1 Å². The van der Waals surface area contributed by atoms with Crippen molar-refractivity contribution in [3.05, 3.63) is 33.3 Å². The van der Waals surface area contributed by atoms with Gasteiger partial charge in [0.25, 0.3) is 5.69 Å². The minimum Gasteiger partial charge on any atom is -0.374 e. The number of hydrogen-bond acceptors (Lipinski definition) is 3. The molecule has 0 saturated heterocycles. The summed E-state index contributed by atoms with van der Waals surface area (Å²) in [5.41, 5.74) is 0.647. The van der Waals surface area contributed by atoms with Gasteiger partial charge < -0.3 is 5.32 Å². The summed E-state index contributed by atoms with van der Waals surface area (Å²) in [5, 5.41) is 14.6. The van der Waals surface area contributed by atoms with E-state index in [2.05, 4.69) is 33.0 Å². The Hall–Kier alpha value is -1.29. The maximum atomic E-state index is 11.0. The first-order valence-corrected chi connectivity index (χ1v) is 6.27. The molecule has 0 heterocycles. The van der Waals surface area contributed by atoms with Gasteiger partial charge >= 0.3 is 0 Å². The molecule has 1 saturated carbocycles. The summed E-state index contributed by atoms with van der Waals surface area (Å²) >= 11 is 6.06. The summed E-state index contributed by atoms with van der Waals surface area (Å²) in [6.45, 7) is 8.58. The Morgan fingerprint density at radius 2 is 1.83 bits per heavy atom. The number of nitrogens with one attached hydrogen (secondary N) is 1. The van der Waals surface area contributed by atoms with Crippen molar-refractivity contribution in [2.24, 2.45) is 10.8 Å². The van der Waals surface area contributed by atoms with Crippen LogP contribution in [0.25, 0.3) is 0 Å². The molecule has 2 rings (SSSR count). The second-order valence-electron chi connectivity index (χ2n) is 5.91. The van der Waals surface area contributed by atoms with Gasteiger partial charge in [-0.15, -0.1) is 0 Å². The highest BCUT2D eigenvalue weighted by atomic mass is 35.5. The van der Waals surface area contributed by atoms with Crippen LogP contribution in [0.4, 0.5) is 11.4 Å². The van der Waals surface area contributed by atoms with Gasteiger partial charge in [0.2, 0.25) is 0 Å². The summed E-state index contributed by atoms with van der Waals surface area (Å²) in [7, 11) is 0. The van der Waals surface area contributed by atoms with Crippen LogP contribution in [0.5, 0.6) is 0 Å².